The molecule has 2 aromatic carbocycles. The fourth-order valence-electron chi connectivity index (χ4n) is 2.28. The van der Waals surface area contributed by atoms with Gasteiger partial charge in [-0.3, -0.25) is 14.5 Å². The van der Waals surface area contributed by atoms with Crippen LogP contribution in [-0.4, -0.2) is 18.4 Å². The quantitative estimate of drug-likeness (QED) is 0.863. The number of carbonyl (C=O) groups is 2. The Morgan fingerprint density at radius 3 is 2.26 bits per heavy atom. The van der Waals surface area contributed by atoms with Gasteiger partial charge in [-0.2, -0.15) is 0 Å². The lowest BCUT2D eigenvalue weighted by atomic mass is 10.1. The second-order valence-corrected chi connectivity index (χ2v) is 4.93. The molecule has 0 radical (unpaired) electrons. The van der Waals surface area contributed by atoms with E-state index >= 15 is 0 Å². The van der Waals surface area contributed by atoms with Crippen LogP contribution >= 0.6 is 0 Å². The van der Waals surface area contributed by atoms with Gasteiger partial charge in [-0.1, -0.05) is 31.2 Å². The van der Waals surface area contributed by atoms with Gasteiger partial charge >= 0.3 is 11.8 Å². The number of ether oxygens (including phenoxy) is 1. The Morgan fingerprint density at radius 2 is 1.70 bits per heavy atom. The number of nitrogens with two attached hydrogens (primary N) is 1. The molecule has 5 heteroatoms. The van der Waals surface area contributed by atoms with Crippen LogP contribution in [0.25, 0.3) is 0 Å². The van der Waals surface area contributed by atoms with E-state index in [-0.39, 0.29) is 0 Å². The summed E-state index contributed by atoms with van der Waals surface area (Å²) in [5.41, 5.74) is 7.41. The summed E-state index contributed by atoms with van der Waals surface area (Å²) in [5.74, 6) is -1.30. The van der Waals surface area contributed by atoms with E-state index in [2.05, 4.69) is 0 Å². The van der Waals surface area contributed by atoms with E-state index in [1.807, 2.05) is 32.0 Å². The molecule has 0 unspecified atom stereocenters. The molecule has 0 aliphatic carbocycles. The molecule has 0 fully saturated rings. The molecule has 5 nitrogen and oxygen atoms in total. The minimum Gasteiger partial charge on any atom is -0.492 e. The molecule has 0 spiro atoms. The number of rotatable bonds is 5. The molecular formula is C18H20N2O3. The number of nitrogens with zero attached hydrogens (tertiary/aromatic N) is 1. The molecule has 2 amide bonds. The molecule has 0 saturated carbocycles. The van der Waals surface area contributed by atoms with Gasteiger partial charge in [0.1, 0.15) is 5.75 Å². The average molecular weight is 312 g/mol. The Balaban J connectivity index is 2.54. The van der Waals surface area contributed by atoms with Crippen molar-refractivity contribution in [2.24, 2.45) is 5.73 Å². The van der Waals surface area contributed by atoms with Crippen LogP contribution in [0.5, 0.6) is 5.75 Å². The van der Waals surface area contributed by atoms with E-state index in [0.717, 1.165) is 12.0 Å². The first-order valence-corrected chi connectivity index (χ1v) is 7.53. The average Bonchev–Trinajstić information content (AvgIpc) is 2.57. The lowest BCUT2D eigenvalue weighted by Gasteiger charge is -2.24. The molecule has 0 heterocycles. The normalized spacial score (nSPS) is 10.2. The Bertz CT molecular complexity index is 696. The standard InChI is InChI=1S/C18H20N2O3/c1-3-13-9-11-14(12-10-13)20(18(22)17(19)21)15-7-5-6-8-16(15)23-4-2/h5-12H,3-4H2,1-2H3,(H2,19,21). The van der Waals surface area contributed by atoms with Crippen LogP contribution in [0.2, 0.25) is 0 Å². The maximum Gasteiger partial charge on any atom is 0.320 e. The van der Waals surface area contributed by atoms with Gasteiger partial charge in [0.15, 0.2) is 0 Å². The Hall–Kier alpha value is -2.82. The summed E-state index contributed by atoms with van der Waals surface area (Å²) in [7, 11) is 0. The number of amides is 2. The van der Waals surface area contributed by atoms with Crippen molar-refractivity contribution >= 4 is 23.2 Å². The lowest BCUT2D eigenvalue weighted by Crippen LogP contribution is -2.37. The maximum atomic E-state index is 12.4. The molecule has 0 aliphatic heterocycles. The first kappa shape index (κ1) is 16.5. The third kappa shape index (κ3) is 3.69. The van der Waals surface area contributed by atoms with E-state index in [4.69, 9.17) is 10.5 Å². The minimum atomic E-state index is -1.02. The first-order valence-electron chi connectivity index (χ1n) is 7.53. The van der Waals surface area contributed by atoms with Gasteiger partial charge < -0.3 is 10.5 Å². The predicted molar refractivity (Wildman–Crippen MR) is 89.8 cm³/mol. The van der Waals surface area contributed by atoms with Gasteiger partial charge in [0.25, 0.3) is 0 Å². The van der Waals surface area contributed by atoms with Crippen LogP contribution in [0.3, 0.4) is 0 Å². The van der Waals surface area contributed by atoms with Crippen molar-refractivity contribution in [3.63, 3.8) is 0 Å². The van der Waals surface area contributed by atoms with Crippen LogP contribution in [-0.2, 0) is 16.0 Å². The number of carbonyl (C=O) groups excluding carboxylic acids is 2. The fourth-order valence-corrected chi connectivity index (χ4v) is 2.28. The summed E-state index contributed by atoms with van der Waals surface area (Å²) in [5, 5.41) is 0. The van der Waals surface area contributed by atoms with E-state index in [1.165, 1.54) is 4.90 Å². The Kier molecular flexibility index (Phi) is 5.36. The van der Waals surface area contributed by atoms with Gasteiger partial charge in [-0.15, -0.1) is 0 Å². The largest absolute Gasteiger partial charge is 0.492 e. The number of anilines is 2. The zero-order valence-electron chi connectivity index (χ0n) is 13.3. The van der Waals surface area contributed by atoms with Crippen molar-refractivity contribution < 1.29 is 14.3 Å². The van der Waals surface area contributed by atoms with Gasteiger partial charge in [0.05, 0.1) is 12.3 Å². The Morgan fingerprint density at radius 1 is 1.04 bits per heavy atom. The summed E-state index contributed by atoms with van der Waals surface area (Å²) < 4.78 is 5.57. The molecule has 2 rings (SSSR count). The minimum absolute atomic E-state index is 0.449. The maximum absolute atomic E-state index is 12.4. The van der Waals surface area contributed by atoms with Crippen LogP contribution < -0.4 is 15.4 Å². The van der Waals surface area contributed by atoms with E-state index in [9.17, 15) is 9.59 Å². The van der Waals surface area contributed by atoms with Gasteiger partial charge in [-0.05, 0) is 43.2 Å². The highest BCUT2D eigenvalue weighted by molar-refractivity contribution is 6.41. The van der Waals surface area contributed by atoms with E-state index < -0.39 is 11.8 Å². The fraction of sp³-hybridized carbons (Fsp3) is 0.222. The summed E-state index contributed by atoms with van der Waals surface area (Å²) in [6, 6.07) is 14.5. The lowest BCUT2D eigenvalue weighted by molar-refractivity contribution is -0.135. The predicted octanol–water partition coefficient (Wildman–Crippen LogP) is 2.80. The monoisotopic (exact) mass is 312 g/mol. The van der Waals surface area contributed by atoms with Crippen molar-refractivity contribution in [3.8, 4) is 5.75 Å². The number of hydrogen-bond donors (Lipinski definition) is 1. The molecule has 2 aromatic rings. The number of benzene rings is 2. The highest BCUT2D eigenvalue weighted by atomic mass is 16.5. The second-order valence-electron chi connectivity index (χ2n) is 4.93. The van der Waals surface area contributed by atoms with Crippen LogP contribution in [0.15, 0.2) is 48.5 Å². The summed E-state index contributed by atoms with van der Waals surface area (Å²) in [6.45, 7) is 4.35. The first-order chi connectivity index (χ1) is 11.1. The topological polar surface area (TPSA) is 72.6 Å². The number of para-hydroxylation sites is 2. The number of aryl methyl sites for hydroxylation is 1. The zero-order valence-corrected chi connectivity index (χ0v) is 13.3. The summed E-state index contributed by atoms with van der Waals surface area (Å²) in [4.78, 5) is 25.1. The van der Waals surface area contributed by atoms with Crippen molar-refractivity contribution in [2.75, 3.05) is 11.5 Å². The molecule has 0 saturated heterocycles. The summed E-state index contributed by atoms with van der Waals surface area (Å²) in [6.07, 6.45) is 0.888. The van der Waals surface area contributed by atoms with Crippen LogP contribution in [0.1, 0.15) is 19.4 Å². The molecule has 0 aliphatic rings. The molecule has 2 N–H and O–H groups in total. The smallest absolute Gasteiger partial charge is 0.320 e. The van der Waals surface area contributed by atoms with Gasteiger partial charge in [0, 0.05) is 5.69 Å². The van der Waals surface area contributed by atoms with Gasteiger partial charge in [0.2, 0.25) is 0 Å². The van der Waals surface area contributed by atoms with Crippen LogP contribution in [0, 0.1) is 0 Å². The third-order valence-electron chi connectivity index (χ3n) is 3.42. The second kappa shape index (κ2) is 7.45. The highest BCUT2D eigenvalue weighted by Crippen LogP contribution is 2.34. The number of primary amides is 1. The molecule has 23 heavy (non-hydrogen) atoms. The van der Waals surface area contributed by atoms with Crippen molar-refractivity contribution in [1.82, 2.24) is 0 Å². The molecule has 0 atom stereocenters. The summed E-state index contributed by atoms with van der Waals surface area (Å²) >= 11 is 0. The molecule has 120 valence electrons. The van der Waals surface area contributed by atoms with Gasteiger partial charge in [-0.25, -0.2) is 0 Å². The highest BCUT2D eigenvalue weighted by Gasteiger charge is 2.25. The molecular weight excluding hydrogens is 292 g/mol. The Labute approximate surface area is 135 Å². The molecule has 0 bridgehead atoms. The third-order valence-corrected chi connectivity index (χ3v) is 3.42. The van der Waals surface area contributed by atoms with E-state index in [1.54, 1.807) is 30.3 Å². The van der Waals surface area contributed by atoms with Crippen molar-refractivity contribution in [1.29, 1.82) is 0 Å². The van der Waals surface area contributed by atoms with Crippen molar-refractivity contribution in [3.05, 3.63) is 54.1 Å². The molecule has 0 aromatic heterocycles. The number of hydrogen-bond acceptors (Lipinski definition) is 3. The zero-order chi connectivity index (χ0) is 16.8. The van der Waals surface area contributed by atoms with Crippen LogP contribution in [0.4, 0.5) is 11.4 Å². The van der Waals surface area contributed by atoms with E-state index in [0.29, 0.717) is 23.7 Å². The SMILES string of the molecule is CCOc1ccccc1N(C(=O)C(N)=O)c1ccc(CC)cc1. The van der Waals surface area contributed by atoms with Crippen molar-refractivity contribution in [2.45, 2.75) is 20.3 Å².